The van der Waals surface area contributed by atoms with Crippen molar-refractivity contribution < 1.29 is 8.42 Å². The first-order valence-corrected chi connectivity index (χ1v) is 9.43. The van der Waals surface area contributed by atoms with Gasteiger partial charge in [0.15, 0.2) is 5.03 Å². The third kappa shape index (κ3) is 3.52. The SMILES string of the molecule is CCc1ncc(S(=O)(=O)NC2CCCCC2SC)[nH]1. The molecule has 0 saturated heterocycles. The predicted octanol–water partition coefficient (Wildman–Crippen LogP) is 1.92. The minimum Gasteiger partial charge on any atom is -0.332 e. The van der Waals surface area contributed by atoms with Crippen molar-refractivity contribution in [3.05, 3.63) is 12.0 Å². The Hall–Kier alpha value is -0.530. The van der Waals surface area contributed by atoms with Gasteiger partial charge in [0, 0.05) is 17.7 Å². The van der Waals surface area contributed by atoms with E-state index in [0.717, 1.165) is 19.3 Å². The molecule has 2 atom stereocenters. The summed E-state index contributed by atoms with van der Waals surface area (Å²) < 4.78 is 27.4. The van der Waals surface area contributed by atoms with Gasteiger partial charge in [-0.05, 0) is 19.1 Å². The molecular formula is C12H21N3O2S2. The van der Waals surface area contributed by atoms with Crippen LogP contribution >= 0.6 is 11.8 Å². The number of thioether (sulfide) groups is 1. The molecule has 1 aliphatic carbocycles. The number of aryl methyl sites for hydroxylation is 1. The maximum absolute atomic E-state index is 12.3. The summed E-state index contributed by atoms with van der Waals surface area (Å²) in [7, 11) is -3.47. The summed E-state index contributed by atoms with van der Waals surface area (Å²) in [6.45, 7) is 1.94. The van der Waals surface area contributed by atoms with Gasteiger partial charge in [0.05, 0.1) is 6.20 Å². The Kier molecular flexibility index (Phi) is 4.92. The van der Waals surface area contributed by atoms with Crippen molar-refractivity contribution in [3.8, 4) is 0 Å². The molecule has 1 saturated carbocycles. The van der Waals surface area contributed by atoms with Crippen LogP contribution in [0.4, 0.5) is 0 Å². The van der Waals surface area contributed by atoms with Gasteiger partial charge in [0.2, 0.25) is 0 Å². The van der Waals surface area contributed by atoms with E-state index in [1.165, 1.54) is 12.6 Å². The average Bonchev–Trinajstić information content (AvgIpc) is 2.88. The van der Waals surface area contributed by atoms with Crippen LogP contribution in [0, 0.1) is 0 Å². The van der Waals surface area contributed by atoms with Gasteiger partial charge in [-0.3, -0.25) is 0 Å². The topological polar surface area (TPSA) is 74.8 Å². The van der Waals surface area contributed by atoms with E-state index < -0.39 is 10.0 Å². The Balaban J connectivity index is 2.11. The average molecular weight is 303 g/mol. The largest absolute Gasteiger partial charge is 0.332 e. The number of sulfonamides is 1. The molecule has 1 heterocycles. The maximum atomic E-state index is 12.3. The molecule has 0 radical (unpaired) electrons. The second-order valence-corrected chi connectivity index (χ2v) is 7.59. The fraction of sp³-hybridized carbons (Fsp3) is 0.750. The molecule has 0 amide bonds. The van der Waals surface area contributed by atoms with E-state index in [1.807, 2.05) is 13.2 Å². The number of imidazole rings is 1. The molecular weight excluding hydrogens is 282 g/mol. The molecule has 5 nitrogen and oxygen atoms in total. The van der Waals surface area contributed by atoms with E-state index in [1.54, 1.807) is 11.8 Å². The second kappa shape index (κ2) is 6.28. The highest BCUT2D eigenvalue weighted by Crippen LogP contribution is 2.28. The van der Waals surface area contributed by atoms with Crippen molar-refractivity contribution in [3.63, 3.8) is 0 Å². The number of nitrogens with one attached hydrogen (secondary N) is 2. The van der Waals surface area contributed by atoms with Gasteiger partial charge >= 0.3 is 0 Å². The van der Waals surface area contributed by atoms with Gasteiger partial charge < -0.3 is 4.98 Å². The minimum atomic E-state index is -3.47. The molecule has 1 fully saturated rings. The van der Waals surface area contributed by atoms with Gasteiger partial charge in [-0.1, -0.05) is 19.8 Å². The molecule has 0 aliphatic heterocycles. The Morgan fingerprint density at radius 1 is 1.47 bits per heavy atom. The summed E-state index contributed by atoms with van der Waals surface area (Å²) >= 11 is 1.75. The number of H-pyrrole nitrogens is 1. The lowest BCUT2D eigenvalue weighted by atomic mass is 9.96. The number of rotatable bonds is 5. The lowest BCUT2D eigenvalue weighted by molar-refractivity contribution is 0.423. The van der Waals surface area contributed by atoms with Crippen molar-refractivity contribution in [2.75, 3.05) is 6.26 Å². The highest BCUT2D eigenvalue weighted by molar-refractivity contribution is 7.99. The molecule has 19 heavy (non-hydrogen) atoms. The minimum absolute atomic E-state index is 0.0297. The Labute approximate surface area is 119 Å². The molecule has 2 N–H and O–H groups in total. The summed E-state index contributed by atoms with van der Waals surface area (Å²) in [5.41, 5.74) is 0. The maximum Gasteiger partial charge on any atom is 0.257 e. The van der Waals surface area contributed by atoms with Crippen molar-refractivity contribution in [2.24, 2.45) is 0 Å². The van der Waals surface area contributed by atoms with Crippen LogP contribution in [0.1, 0.15) is 38.4 Å². The van der Waals surface area contributed by atoms with Crippen LogP contribution in [-0.2, 0) is 16.4 Å². The van der Waals surface area contributed by atoms with E-state index in [0.29, 0.717) is 17.5 Å². The number of nitrogens with zero attached hydrogens (tertiary/aromatic N) is 1. The van der Waals surface area contributed by atoms with Crippen molar-refractivity contribution in [1.29, 1.82) is 0 Å². The van der Waals surface area contributed by atoms with Crippen LogP contribution in [0.25, 0.3) is 0 Å². The molecule has 7 heteroatoms. The van der Waals surface area contributed by atoms with E-state index in [9.17, 15) is 8.42 Å². The summed E-state index contributed by atoms with van der Waals surface area (Å²) in [5.74, 6) is 0.699. The monoisotopic (exact) mass is 303 g/mol. The number of hydrogen-bond acceptors (Lipinski definition) is 4. The molecule has 2 rings (SSSR count). The van der Waals surface area contributed by atoms with Gasteiger partial charge in [-0.25, -0.2) is 18.1 Å². The van der Waals surface area contributed by atoms with Crippen LogP contribution in [0.3, 0.4) is 0 Å². The zero-order valence-electron chi connectivity index (χ0n) is 11.3. The van der Waals surface area contributed by atoms with Crippen LogP contribution < -0.4 is 4.72 Å². The van der Waals surface area contributed by atoms with E-state index in [-0.39, 0.29) is 11.1 Å². The summed E-state index contributed by atoms with van der Waals surface area (Å²) in [4.78, 5) is 6.91. The van der Waals surface area contributed by atoms with E-state index in [4.69, 9.17) is 0 Å². The second-order valence-electron chi connectivity index (χ2n) is 4.83. The predicted molar refractivity (Wildman–Crippen MR) is 77.8 cm³/mol. The third-order valence-electron chi connectivity index (χ3n) is 3.54. The first kappa shape index (κ1) is 14.9. The standard InChI is InChI=1S/C12H21N3O2S2/c1-3-11-13-8-12(14-11)19(16,17)15-9-6-4-5-7-10(9)18-2/h8-10,15H,3-7H2,1-2H3,(H,13,14). The van der Waals surface area contributed by atoms with E-state index in [2.05, 4.69) is 14.7 Å². The Morgan fingerprint density at radius 3 is 2.84 bits per heavy atom. The molecule has 1 aromatic rings. The molecule has 0 bridgehead atoms. The normalized spacial score (nSPS) is 24.5. The molecule has 2 unspecified atom stereocenters. The third-order valence-corrected chi connectivity index (χ3v) is 6.11. The smallest absolute Gasteiger partial charge is 0.257 e. The van der Waals surface area contributed by atoms with Crippen molar-refractivity contribution in [2.45, 2.75) is 55.3 Å². The Bertz CT molecular complexity index is 513. The fourth-order valence-electron chi connectivity index (χ4n) is 2.44. The van der Waals surface area contributed by atoms with Gasteiger partial charge in [-0.2, -0.15) is 11.8 Å². The molecule has 0 spiro atoms. The molecule has 1 aromatic heterocycles. The summed E-state index contributed by atoms with van der Waals surface area (Å²) in [6.07, 6.45) is 8.42. The van der Waals surface area contributed by atoms with Crippen molar-refractivity contribution >= 4 is 21.8 Å². The van der Waals surface area contributed by atoms with Crippen LogP contribution in [0.15, 0.2) is 11.2 Å². The summed E-state index contributed by atoms with van der Waals surface area (Å²) in [5, 5.41) is 0.548. The number of aromatic nitrogens is 2. The van der Waals surface area contributed by atoms with Crippen molar-refractivity contribution in [1.82, 2.24) is 14.7 Å². The Morgan fingerprint density at radius 2 is 2.21 bits per heavy atom. The lowest BCUT2D eigenvalue weighted by Crippen LogP contribution is -2.43. The first-order valence-electron chi connectivity index (χ1n) is 6.66. The number of aromatic amines is 1. The van der Waals surface area contributed by atoms with Gasteiger partial charge in [0.25, 0.3) is 10.0 Å². The van der Waals surface area contributed by atoms with Crippen LogP contribution in [0.5, 0.6) is 0 Å². The quantitative estimate of drug-likeness (QED) is 0.871. The van der Waals surface area contributed by atoms with E-state index >= 15 is 0 Å². The molecule has 1 aliphatic rings. The van der Waals surface area contributed by atoms with Crippen LogP contribution in [-0.4, -0.2) is 35.9 Å². The van der Waals surface area contributed by atoms with Gasteiger partial charge in [0.1, 0.15) is 5.82 Å². The highest BCUT2D eigenvalue weighted by atomic mass is 32.2. The highest BCUT2D eigenvalue weighted by Gasteiger charge is 2.29. The zero-order chi connectivity index (χ0) is 13.9. The molecule has 0 aromatic carbocycles. The zero-order valence-corrected chi connectivity index (χ0v) is 13.0. The van der Waals surface area contributed by atoms with Crippen LogP contribution in [0.2, 0.25) is 0 Å². The lowest BCUT2D eigenvalue weighted by Gasteiger charge is -2.30. The summed E-state index contributed by atoms with van der Waals surface area (Å²) in [6, 6.07) is 0.0297. The number of hydrogen-bond donors (Lipinski definition) is 2. The molecule has 108 valence electrons. The fourth-order valence-corrected chi connectivity index (χ4v) is 4.71. The first-order chi connectivity index (χ1) is 9.06. The van der Waals surface area contributed by atoms with Gasteiger partial charge in [-0.15, -0.1) is 0 Å².